The number of anilines is 1. The lowest BCUT2D eigenvalue weighted by molar-refractivity contribution is -0.113. The zero-order valence-electron chi connectivity index (χ0n) is 14.2. The molecular formula is C18H15N5OS2. The highest BCUT2D eigenvalue weighted by Crippen LogP contribution is 2.37. The molecule has 3 heterocycles. The summed E-state index contributed by atoms with van der Waals surface area (Å²) < 4.78 is 1.97. The van der Waals surface area contributed by atoms with E-state index in [1.54, 1.807) is 4.90 Å². The van der Waals surface area contributed by atoms with Gasteiger partial charge in [-0.1, -0.05) is 29.5 Å². The molecule has 1 fully saturated rings. The maximum atomic E-state index is 13.1. The van der Waals surface area contributed by atoms with Crippen molar-refractivity contribution >= 4 is 51.1 Å². The van der Waals surface area contributed by atoms with Gasteiger partial charge in [0.05, 0.1) is 10.6 Å². The lowest BCUT2D eigenvalue weighted by Crippen LogP contribution is -2.28. The van der Waals surface area contributed by atoms with E-state index in [1.807, 2.05) is 73.3 Å². The minimum absolute atomic E-state index is 0.0950. The predicted molar refractivity (Wildman–Crippen MR) is 107 cm³/mol. The smallest absolute Gasteiger partial charge is 0.271 e. The number of thioether (sulfide) groups is 1. The number of amidine groups is 1. The van der Waals surface area contributed by atoms with Crippen LogP contribution < -0.4 is 4.90 Å². The highest BCUT2D eigenvalue weighted by atomic mass is 32.2. The van der Waals surface area contributed by atoms with Gasteiger partial charge < -0.3 is 4.57 Å². The van der Waals surface area contributed by atoms with E-state index in [2.05, 4.69) is 15.2 Å². The second kappa shape index (κ2) is 6.89. The number of benzene rings is 1. The number of amides is 1. The summed E-state index contributed by atoms with van der Waals surface area (Å²) in [6.07, 6.45) is 3.83. The molecule has 1 saturated heterocycles. The van der Waals surface area contributed by atoms with Crippen molar-refractivity contribution in [2.75, 3.05) is 4.90 Å². The molecule has 0 unspecified atom stereocenters. The molecule has 1 amide bonds. The first kappa shape index (κ1) is 16.7. The Morgan fingerprint density at radius 1 is 1.12 bits per heavy atom. The quantitative estimate of drug-likeness (QED) is 0.644. The average molecular weight is 381 g/mol. The van der Waals surface area contributed by atoms with Crippen LogP contribution in [0, 0.1) is 6.92 Å². The zero-order valence-corrected chi connectivity index (χ0v) is 15.8. The summed E-state index contributed by atoms with van der Waals surface area (Å²) in [7, 11) is 1.95. The van der Waals surface area contributed by atoms with Crippen molar-refractivity contribution in [3.05, 3.63) is 64.3 Å². The van der Waals surface area contributed by atoms with Gasteiger partial charge in [0.2, 0.25) is 5.13 Å². The molecule has 3 aromatic rings. The molecule has 0 bridgehead atoms. The molecule has 26 heavy (non-hydrogen) atoms. The molecule has 0 aliphatic carbocycles. The summed E-state index contributed by atoms with van der Waals surface area (Å²) in [4.78, 5) is 19.9. The van der Waals surface area contributed by atoms with E-state index in [0.29, 0.717) is 15.2 Å². The minimum atomic E-state index is -0.0950. The average Bonchev–Trinajstić information content (AvgIpc) is 3.31. The van der Waals surface area contributed by atoms with Gasteiger partial charge in [0, 0.05) is 18.9 Å². The van der Waals surface area contributed by atoms with Gasteiger partial charge in [0.25, 0.3) is 5.91 Å². The molecular weight excluding hydrogens is 366 g/mol. The lowest BCUT2D eigenvalue weighted by Gasteiger charge is -2.14. The molecule has 2 aromatic heterocycles. The Bertz CT molecular complexity index is 1020. The van der Waals surface area contributed by atoms with Crippen molar-refractivity contribution in [3.63, 3.8) is 0 Å². The zero-order chi connectivity index (χ0) is 18.1. The standard InChI is InChI=1S/C18H15N5OS2/c1-12-20-21-17(25-12)19-18-23(13-7-4-3-5-8-13)16(24)15(26-18)11-14-9-6-10-22(14)2/h3-11H,1-2H3/b15-11+,19-18+. The summed E-state index contributed by atoms with van der Waals surface area (Å²) in [5, 5.41) is 10.0. The van der Waals surface area contributed by atoms with Gasteiger partial charge in [0.15, 0.2) is 5.17 Å². The maximum Gasteiger partial charge on any atom is 0.271 e. The van der Waals surface area contributed by atoms with E-state index in [9.17, 15) is 4.79 Å². The van der Waals surface area contributed by atoms with E-state index >= 15 is 0 Å². The molecule has 8 heteroatoms. The monoisotopic (exact) mass is 381 g/mol. The molecule has 0 atom stereocenters. The van der Waals surface area contributed by atoms with Crippen LogP contribution in [0.5, 0.6) is 0 Å². The number of hydrogen-bond acceptors (Lipinski definition) is 6. The Kier molecular flexibility index (Phi) is 4.44. The predicted octanol–water partition coefficient (Wildman–Crippen LogP) is 3.99. The highest BCUT2D eigenvalue weighted by Gasteiger charge is 2.35. The van der Waals surface area contributed by atoms with E-state index in [1.165, 1.54) is 23.1 Å². The molecule has 0 radical (unpaired) electrons. The summed E-state index contributed by atoms with van der Waals surface area (Å²) >= 11 is 2.74. The first-order valence-corrected chi connectivity index (χ1v) is 9.54. The number of carbonyl (C=O) groups is 1. The van der Waals surface area contributed by atoms with Crippen LogP contribution in [0.4, 0.5) is 10.8 Å². The highest BCUT2D eigenvalue weighted by molar-refractivity contribution is 8.19. The summed E-state index contributed by atoms with van der Waals surface area (Å²) in [6, 6.07) is 13.4. The normalized spacial score (nSPS) is 17.6. The van der Waals surface area contributed by atoms with Crippen LogP contribution in [0.15, 0.2) is 58.6 Å². The Morgan fingerprint density at radius 2 is 1.92 bits per heavy atom. The fourth-order valence-corrected chi connectivity index (χ4v) is 4.11. The number of hydrogen-bond donors (Lipinski definition) is 0. The SMILES string of the molecule is Cc1nnc(/N=C2/S/C(=C/c3cccn3C)C(=O)N2c2ccccc2)s1. The Hall–Kier alpha value is -2.71. The second-order valence-corrected chi connectivity index (χ2v) is 7.80. The van der Waals surface area contributed by atoms with Crippen molar-refractivity contribution in [3.8, 4) is 0 Å². The van der Waals surface area contributed by atoms with Gasteiger partial charge in [-0.05, 0) is 49.0 Å². The van der Waals surface area contributed by atoms with Crippen LogP contribution in [0.1, 0.15) is 10.7 Å². The van der Waals surface area contributed by atoms with Gasteiger partial charge in [0.1, 0.15) is 5.01 Å². The second-order valence-electron chi connectivity index (χ2n) is 5.63. The third-order valence-electron chi connectivity index (χ3n) is 3.79. The lowest BCUT2D eigenvalue weighted by atomic mass is 10.3. The van der Waals surface area contributed by atoms with Gasteiger partial charge in [-0.2, -0.15) is 4.99 Å². The summed E-state index contributed by atoms with van der Waals surface area (Å²) in [5.74, 6) is -0.0950. The largest absolute Gasteiger partial charge is 0.351 e. The number of aromatic nitrogens is 3. The minimum Gasteiger partial charge on any atom is -0.351 e. The maximum absolute atomic E-state index is 13.1. The van der Waals surface area contributed by atoms with Crippen LogP contribution in [0.25, 0.3) is 6.08 Å². The van der Waals surface area contributed by atoms with Gasteiger partial charge in [-0.25, -0.2) is 0 Å². The van der Waals surface area contributed by atoms with Gasteiger partial charge >= 0.3 is 0 Å². The van der Waals surface area contributed by atoms with Crippen molar-refractivity contribution in [2.45, 2.75) is 6.92 Å². The fourth-order valence-electron chi connectivity index (χ4n) is 2.53. The topological polar surface area (TPSA) is 63.4 Å². The molecule has 1 aromatic carbocycles. The Balaban J connectivity index is 1.78. The van der Waals surface area contributed by atoms with Crippen LogP contribution in [0.3, 0.4) is 0 Å². The van der Waals surface area contributed by atoms with E-state index in [-0.39, 0.29) is 5.91 Å². The van der Waals surface area contributed by atoms with Crippen LogP contribution in [-0.2, 0) is 11.8 Å². The summed E-state index contributed by atoms with van der Waals surface area (Å²) in [5.41, 5.74) is 1.74. The number of carbonyl (C=O) groups excluding carboxylic acids is 1. The number of nitrogens with zero attached hydrogens (tertiary/aromatic N) is 5. The fraction of sp³-hybridized carbons (Fsp3) is 0.111. The molecule has 0 N–H and O–H groups in total. The Labute approximate surface area is 158 Å². The third kappa shape index (κ3) is 3.21. The van der Waals surface area contributed by atoms with Crippen LogP contribution >= 0.6 is 23.1 Å². The molecule has 0 saturated carbocycles. The van der Waals surface area contributed by atoms with Crippen LogP contribution in [0.2, 0.25) is 0 Å². The molecule has 4 rings (SSSR count). The molecule has 6 nitrogen and oxygen atoms in total. The molecule has 0 spiro atoms. The van der Waals surface area contributed by atoms with Gasteiger partial charge in [-0.3, -0.25) is 9.69 Å². The third-order valence-corrected chi connectivity index (χ3v) is 5.49. The Morgan fingerprint density at radius 3 is 2.58 bits per heavy atom. The number of para-hydroxylation sites is 1. The van der Waals surface area contributed by atoms with E-state index < -0.39 is 0 Å². The van der Waals surface area contributed by atoms with Crippen LogP contribution in [-0.4, -0.2) is 25.8 Å². The number of aryl methyl sites for hydroxylation is 2. The summed E-state index contributed by atoms with van der Waals surface area (Å²) in [6.45, 7) is 1.88. The molecule has 130 valence electrons. The first-order valence-electron chi connectivity index (χ1n) is 7.91. The van der Waals surface area contributed by atoms with Crippen molar-refractivity contribution < 1.29 is 4.79 Å². The van der Waals surface area contributed by atoms with Gasteiger partial charge in [-0.15, -0.1) is 10.2 Å². The van der Waals surface area contributed by atoms with Crippen molar-refractivity contribution in [1.82, 2.24) is 14.8 Å². The van der Waals surface area contributed by atoms with E-state index in [0.717, 1.165) is 16.4 Å². The molecule has 1 aliphatic rings. The van der Waals surface area contributed by atoms with Crippen molar-refractivity contribution in [2.24, 2.45) is 12.0 Å². The van der Waals surface area contributed by atoms with E-state index in [4.69, 9.17) is 0 Å². The van der Waals surface area contributed by atoms with Crippen molar-refractivity contribution in [1.29, 1.82) is 0 Å². The number of rotatable bonds is 3. The first-order chi connectivity index (χ1) is 12.6. The molecule has 1 aliphatic heterocycles. The number of aliphatic imine (C=N–C) groups is 1.